The van der Waals surface area contributed by atoms with Gasteiger partial charge in [-0.3, -0.25) is 9.59 Å². The zero-order chi connectivity index (χ0) is 24.0. The van der Waals surface area contributed by atoms with Crippen LogP contribution >= 0.6 is 0 Å². The lowest BCUT2D eigenvalue weighted by atomic mass is 10.0. The van der Waals surface area contributed by atoms with Crippen LogP contribution in [0.15, 0.2) is 53.4 Å². The number of benzene rings is 2. The number of aryl methyl sites for hydroxylation is 1. The number of nitrogens with one attached hydrogen (secondary N) is 1. The molecule has 2 aromatic carbocycles. The molecule has 9 heteroatoms. The fourth-order valence-electron chi connectivity index (χ4n) is 3.87. The number of rotatable bonds is 8. The van der Waals surface area contributed by atoms with Gasteiger partial charge in [-0.25, -0.2) is 12.8 Å². The number of amides is 2. The van der Waals surface area contributed by atoms with Crippen LogP contribution in [-0.2, 0) is 26.2 Å². The van der Waals surface area contributed by atoms with E-state index in [1.54, 1.807) is 43.3 Å². The lowest BCUT2D eigenvalue weighted by Crippen LogP contribution is -2.54. The van der Waals surface area contributed by atoms with Crippen molar-refractivity contribution < 1.29 is 22.4 Å². The second-order valence-corrected chi connectivity index (χ2v) is 10.1. The van der Waals surface area contributed by atoms with E-state index in [0.29, 0.717) is 12.8 Å². The molecule has 1 saturated heterocycles. The van der Waals surface area contributed by atoms with E-state index >= 15 is 0 Å². The van der Waals surface area contributed by atoms with E-state index in [0.717, 1.165) is 17.5 Å². The quantitative estimate of drug-likeness (QED) is 0.636. The standard InChI is InChI=1S/C24H30FN3O4S/c1-3-27(17-23(29)26-16-19-9-11-20(25)12-10-19)24(30)22-6-4-5-15-28(22)33(31,32)21-13-7-18(2)8-14-21/h7-14,22H,3-6,15-17H2,1-2H3,(H,26,29). The molecule has 1 N–H and O–H groups in total. The summed E-state index contributed by atoms with van der Waals surface area (Å²) in [6, 6.07) is 11.5. The molecule has 1 aliphatic heterocycles. The van der Waals surface area contributed by atoms with Crippen LogP contribution in [0.5, 0.6) is 0 Å². The van der Waals surface area contributed by atoms with Gasteiger partial charge in [0.2, 0.25) is 21.8 Å². The van der Waals surface area contributed by atoms with Gasteiger partial charge in [0.05, 0.1) is 11.4 Å². The molecule has 1 fully saturated rings. The van der Waals surface area contributed by atoms with Crippen molar-refractivity contribution in [3.05, 3.63) is 65.5 Å². The number of hydrogen-bond acceptors (Lipinski definition) is 4. The Morgan fingerprint density at radius 3 is 2.39 bits per heavy atom. The van der Waals surface area contributed by atoms with Gasteiger partial charge >= 0.3 is 0 Å². The minimum Gasteiger partial charge on any atom is -0.350 e. The first kappa shape index (κ1) is 24.9. The summed E-state index contributed by atoms with van der Waals surface area (Å²) in [5.41, 5.74) is 1.69. The van der Waals surface area contributed by atoms with E-state index < -0.39 is 16.1 Å². The third-order valence-corrected chi connectivity index (χ3v) is 7.72. The minimum atomic E-state index is -3.84. The summed E-state index contributed by atoms with van der Waals surface area (Å²) in [7, 11) is -3.84. The molecule has 1 unspecified atom stereocenters. The molecule has 0 aliphatic carbocycles. The van der Waals surface area contributed by atoms with E-state index in [-0.39, 0.29) is 48.7 Å². The first-order chi connectivity index (χ1) is 15.7. The first-order valence-corrected chi connectivity index (χ1v) is 12.5. The highest BCUT2D eigenvalue weighted by Gasteiger charge is 2.39. The summed E-state index contributed by atoms with van der Waals surface area (Å²) in [5.74, 6) is -1.09. The highest BCUT2D eigenvalue weighted by molar-refractivity contribution is 7.89. The Morgan fingerprint density at radius 2 is 1.76 bits per heavy atom. The molecule has 0 radical (unpaired) electrons. The third kappa shape index (κ3) is 6.17. The Labute approximate surface area is 194 Å². The number of carbonyl (C=O) groups excluding carboxylic acids is 2. The predicted octanol–water partition coefficient (Wildman–Crippen LogP) is 2.84. The zero-order valence-corrected chi connectivity index (χ0v) is 19.8. The van der Waals surface area contributed by atoms with Crippen LogP contribution in [0.1, 0.15) is 37.3 Å². The van der Waals surface area contributed by atoms with Crippen molar-refractivity contribution >= 4 is 21.8 Å². The number of carbonyl (C=O) groups is 2. The van der Waals surface area contributed by atoms with E-state index in [4.69, 9.17) is 0 Å². The minimum absolute atomic E-state index is 0.160. The number of halogens is 1. The van der Waals surface area contributed by atoms with Gasteiger partial charge in [-0.2, -0.15) is 4.31 Å². The van der Waals surface area contributed by atoms with Crippen LogP contribution in [0.3, 0.4) is 0 Å². The molecule has 0 spiro atoms. The van der Waals surface area contributed by atoms with Gasteiger partial charge in [-0.05, 0) is 56.5 Å². The largest absolute Gasteiger partial charge is 0.350 e. The second-order valence-electron chi connectivity index (χ2n) is 8.20. The average molecular weight is 476 g/mol. The molecule has 1 atom stereocenters. The maximum atomic E-state index is 13.3. The predicted molar refractivity (Wildman–Crippen MR) is 123 cm³/mol. The summed E-state index contributed by atoms with van der Waals surface area (Å²) >= 11 is 0. The molecule has 3 rings (SSSR count). The molecule has 178 valence electrons. The van der Waals surface area contributed by atoms with Crippen molar-refractivity contribution in [1.29, 1.82) is 0 Å². The van der Waals surface area contributed by atoms with E-state index in [9.17, 15) is 22.4 Å². The Balaban J connectivity index is 1.69. The molecule has 7 nitrogen and oxygen atoms in total. The van der Waals surface area contributed by atoms with E-state index in [1.807, 2.05) is 6.92 Å². The molecule has 2 aromatic rings. The van der Waals surface area contributed by atoms with Gasteiger partial charge in [0.1, 0.15) is 11.9 Å². The van der Waals surface area contributed by atoms with Crippen LogP contribution in [0, 0.1) is 12.7 Å². The molecule has 1 heterocycles. The van der Waals surface area contributed by atoms with Crippen LogP contribution < -0.4 is 5.32 Å². The van der Waals surface area contributed by atoms with Crippen LogP contribution in [0.25, 0.3) is 0 Å². The Hall–Kier alpha value is -2.78. The van der Waals surface area contributed by atoms with Gasteiger partial charge in [-0.15, -0.1) is 0 Å². The number of nitrogens with zero attached hydrogens (tertiary/aromatic N) is 2. The van der Waals surface area contributed by atoms with Gasteiger partial charge in [0, 0.05) is 19.6 Å². The smallest absolute Gasteiger partial charge is 0.243 e. The Kier molecular flexibility index (Phi) is 8.20. The van der Waals surface area contributed by atoms with E-state index in [2.05, 4.69) is 5.32 Å². The lowest BCUT2D eigenvalue weighted by Gasteiger charge is -2.36. The van der Waals surface area contributed by atoms with Gasteiger partial charge in [0.15, 0.2) is 0 Å². The summed E-state index contributed by atoms with van der Waals surface area (Å²) < 4.78 is 40.9. The lowest BCUT2D eigenvalue weighted by molar-refractivity contribution is -0.139. The highest BCUT2D eigenvalue weighted by atomic mass is 32.2. The summed E-state index contributed by atoms with van der Waals surface area (Å²) in [6.07, 6.45) is 1.83. The monoisotopic (exact) mass is 475 g/mol. The normalized spacial score (nSPS) is 16.9. The SMILES string of the molecule is CCN(CC(=O)NCc1ccc(F)cc1)C(=O)C1CCCCN1S(=O)(=O)c1ccc(C)cc1. The number of hydrogen-bond donors (Lipinski definition) is 1. The van der Waals surface area contributed by atoms with Crippen LogP contribution in [0.2, 0.25) is 0 Å². The molecule has 0 aromatic heterocycles. The second kappa shape index (κ2) is 10.9. The molecule has 0 saturated carbocycles. The summed E-state index contributed by atoms with van der Waals surface area (Å²) in [6.45, 7) is 4.21. The van der Waals surface area contributed by atoms with Gasteiger partial charge in [0.25, 0.3) is 0 Å². The van der Waals surface area contributed by atoms with Crippen molar-refractivity contribution in [3.63, 3.8) is 0 Å². The Bertz CT molecular complexity index is 1070. The molecular weight excluding hydrogens is 445 g/mol. The maximum absolute atomic E-state index is 13.3. The highest BCUT2D eigenvalue weighted by Crippen LogP contribution is 2.27. The van der Waals surface area contributed by atoms with Gasteiger partial charge in [-0.1, -0.05) is 36.2 Å². The van der Waals surface area contributed by atoms with Gasteiger partial charge < -0.3 is 10.2 Å². The first-order valence-electron chi connectivity index (χ1n) is 11.1. The van der Waals surface area contributed by atoms with Crippen molar-refractivity contribution in [2.75, 3.05) is 19.6 Å². The summed E-state index contributed by atoms with van der Waals surface area (Å²) in [5, 5.41) is 2.73. The molecule has 0 bridgehead atoms. The van der Waals surface area contributed by atoms with Crippen molar-refractivity contribution in [1.82, 2.24) is 14.5 Å². The van der Waals surface area contributed by atoms with Crippen molar-refractivity contribution in [3.8, 4) is 0 Å². The fraction of sp³-hybridized carbons (Fsp3) is 0.417. The Morgan fingerprint density at radius 1 is 1.09 bits per heavy atom. The molecule has 33 heavy (non-hydrogen) atoms. The van der Waals surface area contributed by atoms with Crippen LogP contribution in [0.4, 0.5) is 4.39 Å². The van der Waals surface area contributed by atoms with Crippen LogP contribution in [-0.4, -0.2) is 55.1 Å². The van der Waals surface area contributed by atoms with Crippen molar-refractivity contribution in [2.24, 2.45) is 0 Å². The molecular formula is C24H30FN3O4S. The molecule has 2 amide bonds. The zero-order valence-electron chi connectivity index (χ0n) is 19.0. The van der Waals surface area contributed by atoms with Crippen molar-refractivity contribution in [2.45, 2.75) is 50.6 Å². The molecule has 1 aliphatic rings. The number of likely N-dealkylation sites (N-methyl/N-ethyl adjacent to an activating group) is 1. The number of sulfonamides is 1. The maximum Gasteiger partial charge on any atom is 0.243 e. The summed E-state index contributed by atoms with van der Waals surface area (Å²) in [4.78, 5) is 27.3. The third-order valence-electron chi connectivity index (χ3n) is 5.80. The fourth-order valence-corrected chi connectivity index (χ4v) is 5.52. The topological polar surface area (TPSA) is 86.8 Å². The number of piperidine rings is 1. The van der Waals surface area contributed by atoms with E-state index in [1.165, 1.54) is 21.3 Å². The average Bonchev–Trinajstić information content (AvgIpc) is 2.82.